The summed E-state index contributed by atoms with van der Waals surface area (Å²) in [4.78, 5) is 4.27. The Bertz CT molecular complexity index is 794. The van der Waals surface area contributed by atoms with Crippen LogP contribution >= 0.6 is 0 Å². The van der Waals surface area contributed by atoms with Gasteiger partial charge in [-0.1, -0.05) is 48.5 Å². The molecule has 0 fully saturated rings. The van der Waals surface area contributed by atoms with Gasteiger partial charge in [-0.15, -0.1) is 0 Å². The first-order chi connectivity index (χ1) is 10.7. The molecule has 110 valence electrons. The molecule has 0 saturated heterocycles. The zero-order valence-electron chi connectivity index (χ0n) is 12.9. The lowest BCUT2D eigenvalue weighted by atomic mass is 9.90. The van der Waals surface area contributed by atoms with Gasteiger partial charge >= 0.3 is 0 Å². The summed E-state index contributed by atoms with van der Waals surface area (Å²) < 4.78 is 0. The van der Waals surface area contributed by atoms with Crippen LogP contribution in [0.1, 0.15) is 16.8 Å². The van der Waals surface area contributed by atoms with Gasteiger partial charge in [0, 0.05) is 11.8 Å². The van der Waals surface area contributed by atoms with Crippen molar-refractivity contribution >= 4 is 0 Å². The van der Waals surface area contributed by atoms with Gasteiger partial charge in [-0.25, -0.2) is 0 Å². The second kappa shape index (κ2) is 6.12. The van der Waals surface area contributed by atoms with Crippen molar-refractivity contribution in [1.82, 2.24) is 4.98 Å². The number of aromatic nitrogens is 1. The molecule has 0 aliphatic carbocycles. The van der Waals surface area contributed by atoms with Gasteiger partial charge in [0.1, 0.15) is 0 Å². The largest absolute Gasteiger partial charge is 0.390 e. The van der Waals surface area contributed by atoms with E-state index in [-0.39, 0.29) is 6.61 Å². The monoisotopic (exact) mass is 289 g/mol. The minimum absolute atomic E-state index is 0.0465. The second-order valence-electron chi connectivity index (χ2n) is 5.43. The van der Waals surface area contributed by atoms with Crippen molar-refractivity contribution in [3.63, 3.8) is 0 Å². The molecule has 0 spiro atoms. The van der Waals surface area contributed by atoms with Crippen LogP contribution in [-0.4, -0.2) is 10.1 Å². The molecule has 0 radical (unpaired) electrons. The van der Waals surface area contributed by atoms with Crippen LogP contribution in [0, 0.1) is 13.8 Å². The Morgan fingerprint density at radius 1 is 0.773 bits per heavy atom. The molecule has 0 aliphatic rings. The van der Waals surface area contributed by atoms with Gasteiger partial charge in [0.15, 0.2) is 0 Å². The highest BCUT2D eigenvalue weighted by Gasteiger charge is 2.12. The van der Waals surface area contributed by atoms with E-state index in [4.69, 9.17) is 0 Å². The summed E-state index contributed by atoms with van der Waals surface area (Å²) in [5, 5.41) is 9.51. The third kappa shape index (κ3) is 2.53. The van der Waals surface area contributed by atoms with Gasteiger partial charge in [0.05, 0.1) is 12.3 Å². The van der Waals surface area contributed by atoms with Crippen molar-refractivity contribution in [1.29, 1.82) is 0 Å². The van der Waals surface area contributed by atoms with E-state index in [2.05, 4.69) is 55.2 Å². The highest BCUT2D eigenvalue weighted by molar-refractivity contribution is 5.77. The zero-order valence-corrected chi connectivity index (χ0v) is 12.9. The summed E-state index contributed by atoms with van der Waals surface area (Å²) in [6.45, 7) is 4.23. The molecular formula is C20H19NO. The van der Waals surface area contributed by atoms with Crippen LogP contribution < -0.4 is 0 Å². The zero-order chi connectivity index (χ0) is 15.5. The molecule has 3 rings (SSSR count). The Morgan fingerprint density at radius 3 is 2.18 bits per heavy atom. The molecule has 0 unspecified atom stereocenters. The van der Waals surface area contributed by atoms with E-state index in [0.717, 1.165) is 16.8 Å². The lowest BCUT2D eigenvalue weighted by Gasteiger charge is -2.15. The summed E-state index contributed by atoms with van der Waals surface area (Å²) >= 11 is 0. The molecular weight excluding hydrogens is 270 g/mol. The number of nitrogens with zero attached hydrogens (tertiary/aromatic N) is 1. The van der Waals surface area contributed by atoms with Crippen molar-refractivity contribution < 1.29 is 5.11 Å². The fourth-order valence-corrected chi connectivity index (χ4v) is 2.85. The number of hydrogen-bond donors (Lipinski definition) is 1. The van der Waals surface area contributed by atoms with Crippen molar-refractivity contribution in [2.45, 2.75) is 20.5 Å². The van der Waals surface area contributed by atoms with Crippen LogP contribution in [0.25, 0.3) is 22.3 Å². The highest BCUT2D eigenvalue weighted by Crippen LogP contribution is 2.33. The molecule has 0 saturated carbocycles. The van der Waals surface area contributed by atoms with E-state index >= 15 is 0 Å². The topological polar surface area (TPSA) is 33.1 Å². The summed E-state index contributed by atoms with van der Waals surface area (Å²) in [6.07, 6.45) is 1.72. The van der Waals surface area contributed by atoms with Crippen LogP contribution in [0.2, 0.25) is 0 Å². The first-order valence-electron chi connectivity index (χ1n) is 7.43. The molecule has 22 heavy (non-hydrogen) atoms. The first kappa shape index (κ1) is 14.5. The van der Waals surface area contributed by atoms with Crippen LogP contribution in [-0.2, 0) is 6.61 Å². The van der Waals surface area contributed by atoms with E-state index < -0.39 is 0 Å². The maximum Gasteiger partial charge on any atom is 0.0859 e. The van der Waals surface area contributed by atoms with Gasteiger partial charge in [-0.2, -0.15) is 0 Å². The first-order valence-corrected chi connectivity index (χ1v) is 7.43. The fraction of sp³-hybridized carbons (Fsp3) is 0.150. The predicted molar refractivity (Wildman–Crippen MR) is 90.5 cm³/mol. The fourth-order valence-electron chi connectivity index (χ4n) is 2.85. The van der Waals surface area contributed by atoms with Crippen LogP contribution in [0.5, 0.6) is 0 Å². The van der Waals surface area contributed by atoms with E-state index in [9.17, 15) is 5.11 Å². The molecule has 2 heteroatoms. The lowest BCUT2D eigenvalue weighted by molar-refractivity contribution is 0.277. The molecule has 0 aliphatic heterocycles. The molecule has 3 aromatic rings. The normalized spacial score (nSPS) is 10.7. The van der Waals surface area contributed by atoms with E-state index in [1.807, 2.05) is 18.2 Å². The average Bonchev–Trinajstić information content (AvgIpc) is 2.58. The summed E-state index contributed by atoms with van der Waals surface area (Å²) in [6, 6.07) is 18.6. The smallest absolute Gasteiger partial charge is 0.0859 e. The summed E-state index contributed by atoms with van der Waals surface area (Å²) in [5.74, 6) is 0. The summed E-state index contributed by atoms with van der Waals surface area (Å²) in [7, 11) is 0. The van der Waals surface area contributed by atoms with Gasteiger partial charge in [0.25, 0.3) is 0 Å². The molecule has 1 aromatic heterocycles. The number of rotatable bonds is 3. The molecule has 2 nitrogen and oxygen atoms in total. The quantitative estimate of drug-likeness (QED) is 0.768. The number of pyridine rings is 1. The molecule has 0 atom stereocenters. The minimum atomic E-state index is -0.0465. The predicted octanol–water partition coefficient (Wildman–Crippen LogP) is 4.52. The van der Waals surface area contributed by atoms with E-state index in [1.165, 1.54) is 22.3 Å². The third-order valence-electron chi connectivity index (χ3n) is 4.20. The Balaban J connectivity index is 2.15. The highest BCUT2D eigenvalue weighted by atomic mass is 16.3. The van der Waals surface area contributed by atoms with E-state index in [0.29, 0.717) is 0 Å². The maximum absolute atomic E-state index is 9.51. The van der Waals surface area contributed by atoms with Crippen LogP contribution in [0.3, 0.4) is 0 Å². The molecule has 1 heterocycles. The Kier molecular flexibility index (Phi) is 4.03. The standard InChI is InChI=1S/C20H19NO/c1-14-15(2)18(19-9-6-12-21-20(19)13-22)11-10-17(14)16-7-4-3-5-8-16/h3-12,22H,13H2,1-2H3. The van der Waals surface area contributed by atoms with Crippen LogP contribution in [0.4, 0.5) is 0 Å². The van der Waals surface area contributed by atoms with Gasteiger partial charge < -0.3 is 5.11 Å². The molecule has 0 amide bonds. The van der Waals surface area contributed by atoms with Crippen LogP contribution in [0.15, 0.2) is 60.8 Å². The number of aliphatic hydroxyl groups excluding tert-OH is 1. The SMILES string of the molecule is Cc1c(-c2ccccc2)ccc(-c2cccnc2CO)c1C. The third-order valence-corrected chi connectivity index (χ3v) is 4.20. The van der Waals surface area contributed by atoms with Crippen molar-refractivity contribution in [2.24, 2.45) is 0 Å². The summed E-state index contributed by atoms with van der Waals surface area (Å²) in [5.41, 5.74) is 7.82. The Morgan fingerprint density at radius 2 is 1.45 bits per heavy atom. The van der Waals surface area contributed by atoms with E-state index in [1.54, 1.807) is 6.20 Å². The Hall–Kier alpha value is -2.45. The molecule has 1 N–H and O–H groups in total. The lowest BCUT2D eigenvalue weighted by Crippen LogP contribution is -1.97. The number of benzene rings is 2. The average molecular weight is 289 g/mol. The molecule has 2 aromatic carbocycles. The minimum Gasteiger partial charge on any atom is -0.390 e. The molecule has 0 bridgehead atoms. The van der Waals surface area contributed by atoms with Crippen molar-refractivity contribution in [3.05, 3.63) is 77.6 Å². The van der Waals surface area contributed by atoms with Gasteiger partial charge in [-0.05, 0) is 47.7 Å². The van der Waals surface area contributed by atoms with Gasteiger partial charge in [0.2, 0.25) is 0 Å². The maximum atomic E-state index is 9.51. The van der Waals surface area contributed by atoms with Crippen molar-refractivity contribution in [2.75, 3.05) is 0 Å². The van der Waals surface area contributed by atoms with Crippen molar-refractivity contribution in [3.8, 4) is 22.3 Å². The van der Waals surface area contributed by atoms with Gasteiger partial charge in [-0.3, -0.25) is 4.98 Å². The number of hydrogen-bond acceptors (Lipinski definition) is 2. The number of aliphatic hydroxyl groups is 1. The second-order valence-corrected chi connectivity index (χ2v) is 5.43. The Labute approximate surface area is 131 Å².